The lowest BCUT2D eigenvalue weighted by atomic mass is 10.00. The molecule has 17 heavy (non-hydrogen) atoms. The summed E-state index contributed by atoms with van der Waals surface area (Å²) in [5.74, 6) is 1.02. The number of fused-ring (bicyclic) bond motifs is 1. The van der Waals surface area contributed by atoms with Crippen LogP contribution < -0.4 is 10.1 Å². The predicted molar refractivity (Wildman–Crippen MR) is 66.1 cm³/mol. The van der Waals surface area contributed by atoms with Gasteiger partial charge in [0.15, 0.2) is 6.29 Å². The Morgan fingerprint density at radius 3 is 3.18 bits per heavy atom. The van der Waals surface area contributed by atoms with Crippen LogP contribution >= 0.6 is 0 Å². The summed E-state index contributed by atoms with van der Waals surface area (Å²) >= 11 is 0. The smallest absolute Gasteiger partial charge is 0.199 e. The molecule has 1 aromatic rings. The Kier molecular flexibility index (Phi) is 3.29. The summed E-state index contributed by atoms with van der Waals surface area (Å²) in [7, 11) is 0. The van der Waals surface area contributed by atoms with Crippen molar-refractivity contribution in [3.8, 4) is 5.75 Å². The summed E-state index contributed by atoms with van der Waals surface area (Å²) in [5, 5.41) is 3.38. The molecule has 3 heteroatoms. The maximum Gasteiger partial charge on any atom is 0.199 e. The third-order valence-corrected chi connectivity index (χ3v) is 3.49. The van der Waals surface area contributed by atoms with E-state index in [0.717, 1.165) is 44.7 Å². The van der Waals surface area contributed by atoms with E-state index < -0.39 is 0 Å². The molecule has 0 saturated carbocycles. The maximum atomic E-state index is 6.00. The molecule has 0 aliphatic carbocycles. The van der Waals surface area contributed by atoms with Crippen molar-refractivity contribution >= 4 is 0 Å². The first-order valence-electron chi connectivity index (χ1n) is 6.53. The molecule has 1 unspecified atom stereocenters. The quantitative estimate of drug-likeness (QED) is 0.849. The summed E-state index contributed by atoms with van der Waals surface area (Å²) in [6.07, 6.45) is 4.41. The van der Waals surface area contributed by atoms with Crippen LogP contribution in [0.3, 0.4) is 0 Å². The molecule has 1 aromatic carbocycles. The lowest BCUT2D eigenvalue weighted by Gasteiger charge is -2.26. The van der Waals surface area contributed by atoms with Gasteiger partial charge in [-0.05, 0) is 37.4 Å². The van der Waals surface area contributed by atoms with Gasteiger partial charge < -0.3 is 14.8 Å². The number of ether oxygens (including phenoxy) is 2. The molecular weight excluding hydrogens is 214 g/mol. The SMILES string of the molecule is c1cc2c(c(OC3CCCCO3)c1)CCNC2. The fourth-order valence-electron chi connectivity index (χ4n) is 2.55. The van der Waals surface area contributed by atoms with Crippen LogP contribution in [0.25, 0.3) is 0 Å². The third kappa shape index (κ3) is 2.45. The summed E-state index contributed by atoms with van der Waals surface area (Å²) in [6, 6.07) is 6.32. The van der Waals surface area contributed by atoms with Gasteiger partial charge in [-0.3, -0.25) is 0 Å². The van der Waals surface area contributed by atoms with Gasteiger partial charge in [0.1, 0.15) is 5.75 Å². The van der Waals surface area contributed by atoms with Crippen LogP contribution in [0.2, 0.25) is 0 Å². The zero-order valence-electron chi connectivity index (χ0n) is 10.1. The highest BCUT2D eigenvalue weighted by atomic mass is 16.7. The van der Waals surface area contributed by atoms with E-state index >= 15 is 0 Å². The van der Waals surface area contributed by atoms with Crippen molar-refractivity contribution in [3.63, 3.8) is 0 Å². The molecule has 2 aliphatic rings. The Hall–Kier alpha value is -1.06. The molecule has 3 nitrogen and oxygen atoms in total. The molecule has 1 fully saturated rings. The third-order valence-electron chi connectivity index (χ3n) is 3.49. The standard InChI is InChI=1S/C14H19NO2/c1-2-9-16-14(6-1)17-13-5-3-4-11-10-15-8-7-12(11)13/h3-5,14-15H,1-2,6-10H2. The zero-order valence-corrected chi connectivity index (χ0v) is 10.1. The summed E-state index contributed by atoms with van der Waals surface area (Å²) < 4.78 is 11.6. The number of nitrogens with one attached hydrogen (secondary N) is 1. The number of hydrogen-bond donors (Lipinski definition) is 1. The van der Waals surface area contributed by atoms with Crippen molar-refractivity contribution in [2.45, 2.75) is 38.5 Å². The Labute approximate surface area is 102 Å². The first kappa shape index (κ1) is 11.1. The number of benzene rings is 1. The topological polar surface area (TPSA) is 30.5 Å². The van der Waals surface area contributed by atoms with E-state index in [1.165, 1.54) is 17.5 Å². The first-order valence-corrected chi connectivity index (χ1v) is 6.53. The molecule has 0 aromatic heterocycles. The normalized spacial score (nSPS) is 24.1. The molecule has 0 amide bonds. The second kappa shape index (κ2) is 5.07. The van der Waals surface area contributed by atoms with Crippen LogP contribution in [0.4, 0.5) is 0 Å². The van der Waals surface area contributed by atoms with E-state index in [-0.39, 0.29) is 6.29 Å². The van der Waals surface area contributed by atoms with Crippen LogP contribution in [0, 0.1) is 0 Å². The zero-order chi connectivity index (χ0) is 11.5. The van der Waals surface area contributed by atoms with Crippen molar-refractivity contribution in [3.05, 3.63) is 29.3 Å². The molecule has 92 valence electrons. The van der Waals surface area contributed by atoms with Gasteiger partial charge in [-0.25, -0.2) is 0 Å². The Morgan fingerprint density at radius 2 is 2.29 bits per heavy atom. The van der Waals surface area contributed by atoms with Crippen LogP contribution in [0.1, 0.15) is 30.4 Å². The minimum atomic E-state index is -0.0369. The van der Waals surface area contributed by atoms with Crippen LogP contribution in [-0.4, -0.2) is 19.4 Å². The summed E-state index contributed by atoms with van der Waals surface area (Å²) in [5.41, 5.74) is 2.73. The van der Waals surface area contributed by atoms with Crippen molar-refractivity contribution in [2.24, 2.45) is 0 Å². The molecule has 3 rings (SSSR count). The molecule has 1 N–H and O–H groups in total. The average molecular weight is 233 g/mol. The minimum Gasteiger partial charge on any atom is -0.465 e. The highest BCUT2D eigenvalue weighted by Crippen LogP contribution is 2.27. The molecule has 1 saturated heterocycles. The minimum absolute atomic E-state index is 0.0369. The van der Waals surface area contributed by atoms with E-state index in [0.29, 0.717) is 0 Å². The van der Waals surface area contributed by atoms with E-state index in [2.05, 4.69) is 23.5 Å². The molecule has 0 spiro atoms. The Bertz CT molecular complexity index is 386. The lowest BCUT2D eigenvalue weighted by molar-refractivity contribution is -0.106. The van der Waals surface area contributed by atoms with E-state index in [1.54, 1.807) is 0 Å². The van der Waals surface area contributed by atoms with Gasteiger partial charge in [0.2, 0.25) is 0 Å². The predicted octanol–water partition coefficient (Wildman–Crippen LogP) is 2.24. The van der Waals surface area contributed by atoms with Crippen molar-refractivity contribution in [2.75, 3.05) is 13.2 Å². The fraction of sp³-hybridized carbons (Fsp3) is 0.571. The highest BCUT2D eigenvalue weighted by molar-refractivity contribution is 5.41. The second-order valence-corrected chi connectivity index (χ2v) is 4.73. The van der Waals surface area contributed by atoms with E-state index in [4.69, 9.17) is 9.47 Å². The summed E-state index contributed by atoms with van der Waals surface area (Å²) in [4.78, 5) is 0. The van der Waals surface area contributed by atoms with Crippen LogP contribution in [0.15, 0.2) is 18.2 Å². The molecule has 2 aliphatic heterocycles. The van der Waals surface area contributed by atoms with Gasteiger partial charge in [0, 0.05) is 18.5 Å². The Balaban J connectivity index is 1.77. The van der Waals surface area contributed by atoms with Gasteiger partial charge >= 0.3 is 0 Å². The summed E-state index contributed by atoms with van der Waals surface area (Å²) in [6.45, 7) is 2.83. The number of rotatable bonds is 2. The first-order chi connectivity index (χ1) is 8.43. The van der Waals surface area contributed by atoms with E-state index in [9.17, 15) is 0 Å². The van der Waals surface area contributed by atoms with Gasteiger partial charge in [0.25, 0.3) is 0 Å². The number of hydrogen-bond acceptors (Lipinski definition) is 3. The lowest BCUT2D eigenvalue weighted by Crippen LogP contribution is -2.28. The largest absolute Gasteiger partial charge is 0.465 e. The highest BCUT2D eigenvalue weighted by Gasteiger charge is 2.19. The second-order valence-electron chi connectivity index (χ2n) is 4.73. The van der Waals surface area contributed by atoms with Gasteiger partial charge in [0.05, 0.1) is 6.61 Å². The van der Waals surface area contributed by atoms with Crippen molar-refractivity contribution in [1.82, 2.24) is 5.32 Å². The molecule has 0 bridgehead atoms. The molecule has 1 atom stereocenters. The maximum absolute atomic E-state index is 6.00. The van der Waals surface area contributed by atoms with Gasteiger partial charge in [-0.1, -0.05) is 12.1 Å². The van der Waals surface area contributed by atoms with Crippen molar-refractivity contribution in [1.29, 1.82) is 0 Å². The fourth-order valence-corrected chi connectivity index (χ4v) is 2.55. The molecule has 0 radical (unpaired) electrons. The Morgan fingerprint density at radius 1 is 1.29 bits per heavy atom. The molecule has 2 heterocycles. The van der Waals surface area contributed by atoms with Gasteiger partial charge in [-0.15, -0.1) is 0 Å². The van der Waals surface area contributed by atoms with E-state index in [1.807, 2.05) is 0 Å². The van der Waals surface area contributed by atoms with Crippen LogP contribution in [0.5, 0.6) is 5.75 Å². The molecular formula is C14H19NO2. The van der Waals surface area contributed by atoms with Gasteiger partial charge in [-0.2, -0.15) is 0 Å². The van der Waals surface area contributed by atoms with Crippen molar-refractivity contribution < 1.29 is 9.47 Å². The monoisotopic (exact) mass is 233 g/mol. The average Bonchev–Trinajstić information content (AvgIpc) is 2.40. The van der Waals surface area contributed by atoms with Crippen LogP contribution in [-0.2, 0) is 17.7 Å².